The molecule has 60 valence electrons. The Morgan fingerprint density at radius 3 is 2.70 bits per heavy atom. The van der Waals surface area contributed by atoms with E-state index in [0.29, 0.717) is 6.04 Å². The van der Waals surface area contributed by atoms with Gasteiger partial charge in [-0.15, -0.1) is 0 Å². The maximum atomic E-state index is 6.93. The highest BCUT2D eigenvalue weighted by molar-refractivity contribution is 6.13. The summed E-state index contributed by atoms with van der Waals surface area (Å²) in [5.74, 6) is 0. The molecule has 1 aliphatic carbocycles. The summed E-state index contributed by atoms with van der Waals surface area (Å²) in [6.45, 7) is 0. The Bertz CT molecular complexity index is 156. The molecule has 3 heteroatoms. The number of hydrogen-bond acceptors (Lipinski definition) is 2. The molecule has 0 aromatic rings. The summed E-state index contributed by atoms with van der Waals surface area (Å²) < 4.78 is 25.7. The molecule has 1 aliphatic rings. The van der Waals surface area contributed by atoms with Gasteiger partial charge < -0.3 is 4.74 Å². The fourth-order valence-corrected chi connectivity index (χ4v) is 1.51. The quantitative estimate of drug-likeness (QED) is 0.631. The minimum absolute atomic E-state index is 0.131. The smallest absolute Gasteiger partial charge is 0.0572 e. The molecular formula is C7H14ClNO. The fourth-order valence-electron chi connectivity index (χ4n) is 1.29. The van der Waals surface area contributed by atoms with E-state index in [0.717, 1.165) is 25.7 Å². The predicted octanol–water partition coefficient (Wildman–Crippen LogP) is 1.69. The molecule has 0 unspecified atom stereocenters. The van der Waals surface area contributed by atoms with Crippen molar-refractivity contribution in [2.24, 2.45) is 0 Å². The van der Waals surface area contributed by atoms with E-state index in [4.69, 9.17) is 20.6 Å². The third-order valence-electron chi connectivity index (χ3n) is 2.00. The number of hydrogen-bond donors (Lipinski definition) is 1. The van der Waals surface area contributed by atoms with Gasteiger partial charge in [0.15, 0.2) is 0 Å². The Morgan fingerprint density at radius 1 is 1.50 bits per heavy atom. The molecule has 0 aromatic heterocycles. The SMILES string of the molecule is [2H]C([2H])([2H])OC1CCC(NCl)CC1. The molecule has 10 heavy (non-hydrogen) atoms. The van der Waals surface area contributed by atoms with Crippen molar-refractivity contribution in [3.63, 3.8) is 0 Å². The van der Waals surface area contributed by atoms with Crippen molar-refractivity contribution in [2.45, 2.75) is 37.8 Å². The molecule has 0 aromatic carbocycles. The molecule has 1 rings (SSSR count). The zero-order valence-corrected chi connectivity index (χ0v) is 6.53. The summed E-state index contributed by atoms with van der Waals surface area (Å²) in [7, 11) is -2.26. The van der Waals surface area contributed by atoms with Crippen LogP contribution in [0.15, 0.2) is 0 Å². The van der Waals surface area contributed by atoms with Crippen LogP contribution in [-0.2, 0) is 4.74 Å². The first-order chi connectivity index (χ1) is 6.01. The van der Waals surface area contributed by atoms with E-state index in [1.807, 2.05) is 0 Å². The van der Waals surface area contributed by atoms with Gasteiger partial charge in [0, 0.05) is 13.1 Å². The van der Waals surface area contributed by atoms with Crippen LogP contribution in [0.25, 0.3) is 0 Å². The second kappa shape index (κ2) is 4.16. The molecule has 0 bridgehead atoms. The minimum atomic E-state index is -2.26. The molecular weight excluding hydrogens is 150 g/mol. The molecule has 1 N–H and O–H groups in total. The van der Waals surface area contributed by atoms with Crippen LogP contribution in [0.3, 0.4) is 0 Å². The minimum Gasteiger partial charge on any atom is -0.381 e. The molecule has 0 atom stereocenters. The molecule has 0 amide bonds. The fraction of sp³-hybridized carbons (Fsp3) is 1.00. The molecule has 0 radical (unpaired) electrons. The van der Waals surface area contributed by atoms with Crippen molar-refractivity contribution in [1.82, 2.24) is 4.84 Å². The Hall–Kier alpha value is 0.210. The van der Waals surface area contributed by atoms with Gasteiger partial charge in [-0.05, 0) is 37.5 Å². The van der Waals surface area contributed by atoms with Crippen LogP contribution < -0.4 is 4.84 Å². The molecule has 0 heterocycles. The third-order valence-corrected chi connectivity index (χ3v) is 2.30. The predicted molar refractivity (Wildman–Crippen MR) is 42.0 cm³/mol. The first-order valence-corrected chi connectivity index (χ1v) is 3.93. The summed E-state index contributed by atoms with van der Waals surface area (Å²) in [5, 5.41) is 0. The highest BCUT2D eigenvalue weighted by Gasteiger charge is 2.19. The largest absolute Gasteiger partial charge is 0.381 e. The molecule has 1 saturated carbocycles. The van der Waals surface area contributed by atoms with Crippen molar-refractivity contribution >= 4 is 11.8 Å². The summed E-state index contributed by atoms with van der Waals surface area (Å²) >= 11 is 5.46. The van der Waals surface area contributed by atoms with E-state index in [2.05, 4.69) is 4.84 Å². The van der Waals surface area contributed by atoms with Gasteiger partial charge in [0.25, 0.3) is 0 Å². The zero-order chi connectivity index (χ0) is 9.90. The van der Waals surface area contributed by atoms with Gasteiger partial charge in [-0.25, -0.2) is 4.84 Å². The van der Waals surface area contributed by atoms with Crippen molar-refractivity contribution in [1.29, 1.82) is 0 Å². The highest BCUT2D eigenvalue weighted by Crippen LogP contribution is 2.20. The topological polar surface area (TPSA) is 21.3 Å². The van der Waals surface area contributed by atoms with E-state index >= 15 is 0 Å². The molecule has 0 aliphatic heterocycles. The van der Waals surface area contributed by atoms with E-state index in [-0.39, 0.29) is 6.10 Å². The second-order valence-corrected chi connectivity index (χ2v) is 2.92. The Kier molecular flexibility index (Phi) is 2.07. The van der Waals surface area contributed by atoms with Crippen LogP contribution in [0.1, 0.15) is 29.8 Å². The van der Waals surface area contributed by atoms with E-state index in [9.17, 15) is 0 Å². The van der Waals surface area contributed by atoms with Crippen molar-refractivity contribution in [3.05, 3.63) is 0 Å². The average Bonchev–Trinajstić information content (AvgIpc) is 2.03. The van der Waals surface area contributed by atoms with Crippen LogP contribution in [0, 0.1) is 0 Å². The first-order valence-electron chi connectivity index (χ1n) is 5.05. The van der Waals surface area contributed by atoms with Gasteiger partial charge in [-0.2, -0.15) is 0 Å². The van der Waals surface area contributed by atoms with Crippen molar-refractivity contribution < 1.29 is 8.85 Å². The van der Waals surface area contributed by atoms with Crippen molar-refractivity contribution in [2.75, 3.05) is 7.04 Å². The molecule has 0 spiro atoms. The number of ether oxygens (including phenoxy) is 1. The average molecular weight is 167 g/mol. The number of rotatable bonds is 2. The van der Waals surface area contributed by atoms with Crippen LogP contribution in [0.2, 0.25) is 0 Å². The lowest BCUT2D eigenvalue weighted by molar-refractivity contribution is 0.0650. The van der Waals surface area contributed by atoms with Gasteiger partial charge in [0.1, 0.15) is 0 Å². The highest BCUT2D eigenvalue weighted by atomic mass is 35.5. The second-order valence-electron chi connectivity index (χ2n) is 2.70. The van der Waals surface area contributed by atoms with E-state index < -0.39 is 7.04 Å². The Morgan fingerprint density at radius 2 is 2.20 bits per heavy atom. The van der Waals surface area contributed by atoms with Crippen LogP contribution in [0.5, 0.6) is 0 Å². The molecule has 1 fully saturated rings. The van der Waals surface area contributed by atoms with Gasteiger partial charge in [0.05, 0.1) is 10.2 Å². The molecule has 0 saturated heterocycles. The maximum absolute atomic E-state index is 6.93. The van der Waals surface area contributed by atoms with E-state index in [1.54, 1.807) is 0 Å². The Balaban J connectivity index is 2.25. The standard InChI is InChI=1S/C7H14ClNO/c1-10-7-4-2-6(9-8)3-5-7/h6-7,9H,2-5H2,1H3/i1D3. The number of nitrogens with one attached hydrogen (secondary N) is 1. The lowest BCUT2D eigenvalue weighted by atomic mass is 9.94. The molecule has 2 nitrogen and oxygen atoms in total. The Labute approximate surface area is 71.2 Å². The van der Waals surface area contributed by atoms with Crippen molar-refractivity contribution in [3.8, 4) is 0 Å². The zero-order valence-electron chi connectivity index (χ0n) is 8.77. The lowest BCUT2D eigenvalue weighted by Gasteiger charge is -2.25. The van der Waals surface area contributed by atoms with Gasteiger partial charge in [-0.3, -0.25) is 0 Å². The monoisotopic (exact) mass is 166 g/mol. The summed E-state index contributed by atoms with van der Waals surface area (Å²) in [6, 6.07) is 0.304. The number of halogens is 1. The van der Waals surface area contributed by atoms with Gasteiger partial charge in [-0.1, -0.05) is 0 Å². The maximum Gasteiger partial charge on any atom is 0.0572 e. The summed E-state index contributed by atoms with van der Waals surface area (Å²) in [5.41, 5.74) is 0. The summed E-state index contributed by atoms with van der Waals surface area (Å²) in [6.07, 6.45) is 3.16. The number of methoxy groups -OCH3 is 1. The van der Waals surface area contributed by atoms with Crippen LogP contribution in [0.4, 0.5) is 0 Å². The normalized spacial score (nSPS) is 39.9. The summed E-state index contributed by atoms with van der Waals surface area (Å²) in [4.78, 5) is 2.66. The van der Waals surface area contributed by atoms with Crippen LogP contribution in [-0.4, -0.2) is 19.2 Å². The third kappa shape index (κ3) is 2.11. The van der Waals surface area contributed by atoms with Gasteiger partial charge in [0.2, 0.25) is 0 Å². The lowest BCUT2D eigenvalue weighted by Crippen LogP contribution is -2.29. The first kappa shape index (κ1) is 4.96. The van der Waals surface area contributed by atoms with E-state index in [1.165, 1.54) is 0 Å². The van der Waals surface area contributed by atoms with Crippen LogP contribution >= 0.6 is 11.8 Å². The van der Waals surface area contributed by atoms with Gasteiger partial charge >= 0.3 is 0 Å².